The van der Waals surface area contributed by atoms with E-state index in [0.29, 0.717) is 18.1 Å². The number of rotatable bonds is 7. The lowest BCUT2D eigenvalue weighted by Crippen LogP contribution is -2.06. The van der Waals surface area contributed by atoms with E-state index >= 15 is 0 Å². The lowest BCUT2D eigenvalue weighted by atomic mass is 10.0. The molecule has 0 saturated carbocycles. The first kappa shape index (κ1) is 17.2. The fraction of sp³-hybridized carbons (Fsp3) is 0.421. The van der Waals surface area contributed by atoms with E-state index in [-0.39, 0.29) is 5.97 Å². The van der Waals surface area contributed by atoms with Gasteiger partial charge in [0.05, 0.1) is 5.57 Å². The minimum Gasteiger partial charge on any atom is -0.457 e. The number of hydrogen-bond acceptors (Lipinski definition) is 2. The van der Waals surface area contributed by atoms with Crippen molar-refractivity contribution in [3.05, 3.63) is 59.2 Å². The van der Waals surface area contributed by atoms with Crippen molar-refractivity contribution >= 4 is 5.97 Å². The largest absolute Gasteiger partial charge is 0.457 e. The molecule has 2 nitrogen and oxygen atoms in total. The Labute approximate surface area is 128 Å². The van der Waals surface area contributed by atoms with Gasteiger partial charge in [-0.1, -0.05) is 69.7 Å². The van der Waals surface area contributed by atoms with Crippen LogP contribution in [0.25, 0.3) is 0 Å². The molecule has 0 aliphatic rings. The molecule has 0 fully saturated rings. The fourth-order valence-corrected chi connectivity index (χ4v) is 1.89. The van der Waals surface area contributed by atoms with E-state index in [1.54, 1.807) is 6.08 Å². The Morgan fingerprint density at radius 1 is 1.24 bits per heavy atom. The van der Waals surface area contributed by atoms with Gasteiger partial charge >= 0.3 is 5.97 Å². The van der Waals surface area contributed by atoms with Crippen LogP contribution < -0.4 is 0 Å². The summed E-state index contributed by atoms with van der Waals surface area (Å²) in [5.41, 5.74) is 2.92. The van der Waals surface area contributed by atoms with Crippen molar-refractivity contribution in [2.24, 2.45) is 0 Å². The van der Waals surface area contributed by atoms with E-state index in [2.05, 4.69) is 32.9 Å². The second kappa shape index (κ2) is 9.17. The number of unbranched alkanes of at least 4 members (excludes halogenated alkanes) is 1. The molecule has 0 aromatic heterocycles. The molecule has 114 valence electrons. The Balaban J connectivity index is 2.55. The maximum atomic E-state index is 12.0. The van der Waals surface area contributed by atoms with Crippen LogP contribution in [0, 0.1) is 0 Å². The van der Waals surface area contributed by atoms with Crippen molar-refractivity contribution in [3.63, 3.8) is 0 Å². The molecule has 0 aliphatic heterocycles. The smallest absolute Gasteiger partial charge is 0.338 e. The van der Waals surface area contributed by atoms with Gasteiger partial charge in [0, 0.05) is 0 Å². The summed E-state index contributed by atoms with van der Waals surface area (Å²) >= 11 is 0. The predicted octanol–water partition coefficient (Wildman–Crippen LogP) is 5.16. The predicted molar refractivity (Wildman–Crippen MR) is 88.1 cm³/mol. The molecule has 21 heavy (non-hydrogen) atoms. The molecule has 0 N–H and O–H groups in total. The van der Waals surface area contributed by atoms with Gasteiger partial charge in [0.2, 0.25) is 0 Å². The zero-order valence-electron chi connectivity index (χ0n) is 13.6. The molecule has 0 spiro atoms. The van der Waals surface area contributed by atoms with Gasteiger partial charge in [0.25, 0.3) is 0 Å². The molecule has 1 aromatic carbocycles. The van der Waals surface area contributed by atoms with Crippen LogP contribution in [-0.2, 0) is 16.1 Å². The Kier molecular flexibility index (Phi) is 7.52. The summed E-state index contributed by atoms with van der Waals surface area (Å²) in [6, 6.07) is 8.22. The number of ether oxygens (including phenoxy) is 1. The number of carbonyl (C=O) groups excluding carboxylic acids is 1. The third-order valence-corrected chi connectivity index (χ3v) is 3.32. The van der Waals surface area contributed by atoms with Crippen LogP contribution in [0.5, 0.6) is 0 Å². The summed E-state index contributed by atoms with van der Waals surface area (Å²) in [5.74, 6) is 0.248. The topological polar surface area (TPSA) is 26.3 Å². The van der Waals surface area contributed by atoms with Crippen molar-refractivity contribution in [2.75, 3.05) is 0 Å². The summed E-state index contributed by atoms with van der Waals surface area (Å²) < 4.78 is 5.35. The van der Waals surface area contributed by atoms with E-state index in [9.17, 15) is 4.79 Å². The number of hydrogen-bond donors (Lipinski definition) is 0. The molecule has 0 heterocycles. The maximum absolute atomic E-state index is 12.0. The van der Waals surface area contributed by atoms with Crippen molar-refractivity contribution in [2.45, 2.75) is 53.1 Å². The summed E-state index contributed by atoms with van der Waals surface area (Å²) in [7, 11) is 0. The van der Waals surface area contributed by atoms with Crippen LogP contribution in [0.15, 0.2) is 48.1 Å². The van der Waals surface area contributed by atoms with Crippen LogP contribution in [0.1, 0.15) is 57.6 Å². The van der Waals surface area contributed by atoms with Gasteiger partial charge in [0.1, 0.15) is 6.61 Å². The van der Waals surface area contributed by atoms with Crippen molar-refractivity contribution in [1.82, 2.24) is 0 Å². The maximum Gasteiger partial charge on any atom is 0.338 e. The van der Waals surface area contributed by atoms with Gasteiger partial charge in [-0.25, -0.2) is 4.79 Å². The van der Waals surface area contributed by atoms with Crippen LogP contribution in [0.3, 0.4) is 0 Å². The SMILES string of the molecule is C/C=C(\C=C/CCC)C(=O)OCc1ccc(C(C)C)cc1. The molecule has 1 aromatic rings. The quantitative estimate of drug-likeness (QED) is 0.393. The highest BCUT2D eigenvalue weighted by atomic mass is 16.5. The zero-order valence-corrected chi connectivity index (χ0v) is 13.6. The van der Waals surface area contributed by atoms with Gasteiger partial charge in [-0.2, -0.15) is 0 Å². The summed E-state index contributed by atoms with van der Waals surface area (Å²) in [6.07, 6.45) is 7.68. The van der Waals surface area contributed by atoms with E-state index < -0.39 is 0 Å². The molecule has 0 aliphatic carbocycles. The molecule has 0 atom stereocenters. The average Bonchev–Trinajstić information content (AvgIpc) is 2.49. The van der Waals surface area contributed by atoms with Crippen LogP contribution in [0.4, 0.5) is 0 Å². The molecule has 2 heteroatoms. The zero-order chi connectivity index (χ0) is 15.7. The summed E-state index contributed by atoms with van der Waals surface area (Å²) in [4.78, 5) is 12.0. The minimum absolute atomic E-state index is 0.266. The first-order valence-electron chi connectivity index (χ1n) is 7.67. The molecule has 0 unspecified atom stereocenters. The Hall–Kier alpha value is -1.83. The molecular weight excluding hydrogens is 260 g/mol. The fourth-order valence-electron chi connectivity index (χ4n) is 1.89. The first-order chi connectivity index (χ1) is 10.1. The molecule has 1 rings (SSSR count). The van der Waals surface area contributed by atoms with Gasteiger partial charge in [-0.05, 0) is 30.4 Å². The number of carbonyl (C=O) groups is 1. The lowest BCUT2D eigenvalue weighted by Gasteiger charge is -2.08. The van der Waals surface area contributed by atoms with Crippen molar-refractivity contribution in [3.8, 4) is 0 Å². The van der Waals surface area contributed by atoms with Gasteiger partial charge in [0.15, 0.2) is 0 Å². The standard InChI is InChI=1S/C19H26O2/c1-5-7-8-9-17(6-2)19(20)21-14-16-10-12-18(13-11-16)15(3)4/h6,8-13,15H,5,7,14H2,1-4H3/b9-8-,17-6+. The van der Waals surface area contributed by atoms with Crippen LogP contribution in [0.2, 0.25) is 0 Å². The van der Waals surface area contributed by atoms with Crippen molar-refractivity contribution < 1.29 is 9.53 Å². The Morgan fingerprint density at radius 2 is 1.90 bits per heavy atom. The monoisotopic (exact) mass is 286 g/mol. The van der Waals surface area contributed by atoms with Gasteiger partial charge in [-0.3, -0.25) is 0 Å². The molecular formula is C19H26O2. The molecule has 0 bridgehead atoms. The normalized spacial score (nSPS) is 12.1. The highest BCUT2D eigenvalue weighted by Crippen LogP contribution is 2.15. The third-order valence-electron chi connectivity index (χ3n) is 3.32. The Bertz CT molecular complexity index is 493. The first-order valence-corrected chi connectivity index (χ1v) is 7.67. The number of allylic oxidation sites excluding steroid dienone is 2. The summed E-state index contributed by atoms with van der Waals surface area (Å²) in [5, 5.41) is 0. The van der Waals surface area contributed by atoms with E-state index in [4.69, 9.17) is 4.74 Å². The third kappa shape index (κ3) is 5.99. The average molecular weight is 286 g/mol. The summed E-state index contributed by atoms with van der Waals surface area (Å²) in [6.45, 7) is 8.60. The highest BCUT2D eigenvalue weighted by molar-refractivity contribution is 5.91. The molecule has 0 amide bonds. The van der Waals surface area contributed by atoms with Gasteiger partial charge in [-0.15, -0.1) is 0 Å². The van der Waals surface area contributed by atoms with Crippen LogP contribution >= 0.6 is 0 Å². The second-order valence-corrected chi connectivity index (χ2v) is 5.41. The van der Waals surface area contributed by atoms with E-state index in [1.165, 1.54) is 5.56 Å². The minimum atomic E-state index is -0.266. The number of esters is 1. The van der Waals surface area contributed by atoms with E-state index in [1.807, 2.05) is 31.2 Å². The van der Waals surface area contributed by atoms with Crippen molar-refractivity contribution in [1.29, 1.82) is 0 Å². The molecule has 0 radical (unpaired) electrons. The van der Waals surface area contributed by atoms with E-state index in [0.717, 1.165) is 18.4 Å². The highest BCUT2D eigenvalue weighted by Gasteiger charge is 2.07. The second-order valence-electron chi connectivity index (χ2n) is 5.41. The lowest BCUT2D eigenvalue weighted by molar-refractivity contribution is -0.139. The number of benzene rings is 1. The van der Waals surface area contributed by atoms with Gasteiger partial charge < -0.3 is 4.74 Å². The Morgan fingerprint density at radius 3 is 2.43 bits per heavy atom. The molecule has 0 saturated heterocycles. The van der Waals surface area contributed by atoms with Crippen LogP contribution in [-0.4, -0.2) is 5.97 Å².